The van der Waals surface area contributed by atoms with Crippen molar-refractivity contribution in [2.45, 2.75) is 32.4 Å². The number of hydrogen-bond acceptors (Lipinski definition) is 4. The van der Waals surface area contributed by atoms with E-state index in [0.717, 1.165) is 54.7 Å². The summed E-state index contributed by atoms with van der Waals surface area (Å²) in [6.45, 7) is 4.47. The van der Waals surface area contributed by atoms with Gasteiger partial charge >= 0.3 is 0 Å². The zero-order valence-electron chi connectivity index (χ0n) is 16.7. The van der Waals surface area contributed by atoms with E-state index in [9.17, 15) is 9.18 Å². The lowest BCUT2D eigenvalue weighted by atomic mass is 10.0. The Morgan fingerprint density at radius 2 is 1.93 bits per heavy atom. The largest absolute Gasteiger partial charge is 0.497 e. The molecule has 3 aromatic rings. The first-order valence-electron chi connectivity index (χ1n) is 9.88. The number of amides is 1. The van der Waals surface area contributed by atoms with Crippen LogP contribution in [0.5, 0.6) is 5.75 Å². The fraction of sp³-hybridized carbons (Fsp3) is 0.348. The van der Waals surface area contributed by atoms with Crippen LogP contribution in [0.4, 0.5) is 4.39 Å². The number of nitrogens with one attached hydrogen (secondary N) is 1. The van der Waals surface area contributed by atoms with E-state index < -0.39 is 0 Å². The SMILES string of the molecule is COc1ccc2oc(C(=O)NC3CCN(Cc4ccc(F)cc4)CC3)c(C)c2c1. The third-order valence-corrected chi connectivity index (χ3v) is 5.59. The van der Waals surface area contributed by atoms with Gasteiger partial charge in [0.1, 0.15) is 17.1 Å². The molecular formula is C23H25FN2O3. The lowest BCUT2D eigenvalue weighted by Gasteiger charge is -2.32. The number of halogens is 1. The molecule has 0 atom stereocenters. The second-order valence-corrected chi connectivity index (χ2v) is 7.57. The number of benzene rings is 2. The quantitative estimate of drug-likeness (QED) is 0.699. The molecule has 1 fully saturated rings. The van der Waals surface area contributed by atoms with Gasteiger partial charge in [-0.05, 0) is 55.7 Å². The van der Waals surface area contributed by atoms with Crippen LogP contribution in [-0.2, 0) is 6.54 Å². The first kappa shape index (κ1) is 19.5. The number of methoxy groups -OCH3 is 1. The van der Waals surface area contributed by atoms with Crippen molar-refractivity contribution in [2.24, 2.45) is 0 Å². The molecule has 2 heterocycles. The van der Waals surface area contributed by atoms with Crippen LogP contribution in [0.2, 0.25) is 0 Å². The van der Waals surface area contributed by atoms with E-state index in [1.807, 2.05) is 37.3 Å². The van der Waals surface area contributed by atoms with Crippen LogP contribution < -0.4 is 10.1 Å². The van der Waals surface area contributed by atoms with Crippen LogP contribution in [0.15, 0.2) is 46.9 Å². The highest BCUT2D eigenvalue weighted by Crippen LogP contribution is 2.29. The van der Waals surface area contributed by atoms with E-state index in [0.29, 0.717) is 11.3 Å². The summed E-state index contributed by atoms with van der Waals surface area (Å²) in [5, 5.41) is 4.01. The van der Waals surface area contributed by atoms with Crippen molar-refractivity contribution in [2.75, 3.05) is 20.2 Å². The second kappa shape index (κ2) is 8.25. The Morgan fingerprint density at radius 3 is 2.62 bits per heavy atom. The maximum absolute atomic E-state index is 13.0. The van der Waals surface area contributed by atoms with Gasteiger partial charge in [-0.2, -0.15) is 0 Å². The number of ether oxygens (including phenoxy) is 1. The Bertz CT molecular complexity index is 1000. The Kier molecular flexibility index (Phi) is 5.53. The van der Waals surface area contributed by atoms with Crippen LogP contribution >= 0.6 is 0 Å². The zero-order valence-corrected chi connectivity index (χ0v) is 16.7. The average Bonchev–Trinajstić information content (AvgIpc) is 3.07. The summed E-state index contributed by atoms with van der Waals surface area (Å²) in [5.41, 5.74) is 2.61. The smallest absolute Gasteiger partial charge is 0.287 e. The van der Waals surface area contributed by atoms with Crippen LogP contribution in [-0.4, -0.2) is 37.0 Å². The highest BCUT2D eigenvalue weighted by molar-refractivity contribution is 5.99. The minimum atomic E-state index is -0.213. The minimum absolute atomic E-state index is 0.120. The summed E-state index contributed by atoms with van der Waals surface area (Å²) in [7, 11) is 1.62. The summed E-state index contributed by atoms with van der Waals surface area (Å²) in [6, 6.07) is 12.3. The summed E-state index contributed by atoms with van der Waals surface area (Å²) < 4.78 is 24.1. The number of carbonyl (C=O) groups is 1. The summed E-state index contributed by atoms with van der Waals surface area (Å²) in [4.78, 5) is 15.1. The molecule has 0 unspecified atom stereocenters. The first-order chi connectivity index (χ1) is 14.0. The van der Waals surface area contributed by atoms with Gasteiger partial charge in [-0.3, -0.25) is 9.69 Å². The maximum atomic E-state index is 13.0. The minimum Gasteiger partial charge on any atom is -0.497 e. The summed E-state index contributed by atoms with van der Waals surface area (Å²) >= 11 is 0. The predicted octanol–water partition coefficient (Wildman–Crippen LogP) is 4.28. The number of aryl methyl sites for hydroxylation is 1. The van der Waals surface area contributed by atoms with Crippen LogP contribution in [0.1, 0.15) is 34.5 Å². The number of carbonyl (C=O) groups excluding carboxylic acids is 1. The fourth-order valence-electron chi connectivity index (χ4n) is 3.88. The monoisotopic (exact) mass is 396 g/mol. The molecule has 1 N–H and O–H groups in total. The fourth-order valence-corrected chi connectivity index (χ4v) is 3.88. The van der Waals surface area contributed by atoms with Gasteiger partial charge in [-0.25, -0.2) is 4.39 Å². The molecule has 5 nitrogen and oxygen atoms in total. The lowest BCUT2D eigenvalue weighted by molar-refractivity contribution is 0.0882. The molecule has 0 aliphatic carbocycles. The van der Waals surface area contributed by atoms with Crippen molar-refractivity contribution in [3.05, 3.63) is 65.2 Å². The number of likely N-dealkylation sites (tertiary alicyclic amines) is 1. The van der Waals surface area contributed by atoms with E-state index in [1.165, 1.54) is 12.1 Å². The number of hydrogen-bond donors (Lipinski definition) is 1. The van der Waals surface area contributed by atoms with E-state index >= 15 is 0 Å². The summed E-state index contributed by atoms with van der Waals surface area (Å²) in [6.07, 6.45) is 1.75. The number of fused-ring (bicyclic) bond motifs is 1. The Balaban J connectivity index is 1.35. The molecule has 1 aliphatic heterocycles. The first-order valence-corrected chi connectivity index (χ1v) is 9.88. The molecular weight excluding hydrogens is 371 g/mol. The molecule has 0 bridgehead atoms. The van der Waals surface area contributed by atoms with Gasteiger partial charge in [-0.1, -0.05) is 12.1 Å². The van der Waals surface area contributed by atoms with Gasteiger partial charge in [0.2, 0.25) is 0 Å². The number of piperidine rings is 1. The van der Waals surface area contributed by atoms with Gasteiger partial charge in [0, 0.05) is 36.6 Å². The Labute approximate surface area is 169 Å². The number of furan rings is 1. The molecule has 4 rings (SSSR count). The molecule has 0 radical (unpaired) electrons. The van der Waals surface area contributed by atoms with Gasteiger partial charge in [-0.15, -0.1) is 0 Å². The van der Waals surface area contributed by atoms with E-state index in [2.05, 4.69) is 10.2 Å². The Hall–Kier alpha value is -2.86. The van der Waals surface area contributed by atoms with Gasteiger partial charge in [0.05, 0.1) is 7.11 Å². The number of nitrogens with zero attached hydrogens (tertiary/aromatic N) is 1. The molecule has 152 valence electrons. The highest BCUT2D eigenvalue weighted by Gasteiger charge is 2.24. The predicted molar refractivity (Wildman–Crippen MR) is 110 cm³/mol. The van der Waals surface area contributed by atoms with Crippen LogP contribution in [0.3, 0.4) is 0 Å². The van der Waals surface area contributed by atoms with Crippen molar-refractivity contribution in [3.8, 4) is 5.75 Å². The molecule has 1 amide bonds. The highest BCUT2D eigenvalue weighted by atomic mass is 19.1. The van der Waals surface area contributed by atoms with E-state index in [1.54, 1.807) is 7.11 Å². The molecule has 2 aromatic carbocycles. The maximum Gasteiger partial charge on any atom is 0.287 e. The summed E-state index contributed by atoms with van der Waals surface area (Å²) in [5.74, 6) is 0.716. The molecule has 1 aromatic heterocycles. The third kappa shape index (κ3) is 4.27. The molecule has 29 heavy (non-hydrogen) atoms. The molecule has 1 saturated heterocycles. The number of rotatable bonds is 5. The second-order valence-electron chi connectivity index (χ2n) is 7.57. The zero-order chi connectivity index (χ0) is 20.4. The average molecular weight is 396 g/mol. The standard InChI is InChI=1S/C23H25FN2O3/c1-15-20-13-19(28-2)7-8-21(20)29-22(15)23(27)25-18-9-11-26(12-10-18)14-16-3-5-17(24)6-4-16/h3-8,13,18H,9-12,14H2,1-2H3,(H,25,27). The van der Waals surface area contributed by atoms with Gasteiger partial charge < -0.3 is 14.5 Å². The van der Waals surface area contributed by atoms with Gasteiger partial charge in [0.25, 0.3) is 5.91 Å². The molecule has 0 saturated carbocycles. The van der Waals surface area contributed by atoms with E-state index in [-0.39, 0.29) is 17.8 Å². The third-order valence-electron chi connectivity index (χ3n) is 5.59. The van der Waals surface area contributed by atoms with Crippen LogP contribution in [0.25, 0.3) is 11.0 Å². The van der Waals surface area contributed by atoms with Crippen molar-refractivity contribution in [3.63, 3.8) is 0 Å². The molecule has 0 spiro atoms. The molecule has 1 aliphatic rings. The van der Waals surface area contributed by atoms with Gasteiger partial charge in [0.15, 0.2) is 5.76 Å². The van der Waals surface area contributed by atoms with Crippen molar-refractivity contribution >= 4 is 16.9 Å². The topological polar surface area (TPSA) is 54.7 Å². The van der Waals surface area contributed by atoms with Crippen molar-refractivity contribution in [1.29, 1.82) is 0 Å². The normalized spacial score (nSPS) is 15.6. The van der Waals surface area contributed by atoms with Crippen molar-refractivity contribution < 1.29 is 18.3 Å². The molecule has 6 heteroatoms. The lowest BCUT2D eigenvalue weighted by Crippen LogP contribution is -2.44. The van der Waals surface area contributed by atoms with E-state index in [4.69, 9.17) is 9.15 Å². The van der Waals surface area contributed by atoms with Crippen LogP contribution in [0, 0.1) is 12.7 Å². The Morgan fingerprint density at radius 1 is 1.21 bits per heavy atom. The van der Waals surface area contributed by atoms with Crippen molar-refractivity contribution in [1.82, 2.24) is 10.2 Å².